The Kier molecular flexibility index (Phi) is 6.96. The zero-order chi connectivity index (χ0) is 22.7. The van der Waals surface area contributed by atoms with Crippen molar-refractivity contribution >= 4 is 23.5 Å². The number of carbonyl (C=O) groups is 3. The molecular formula is C21H25F2N3O4. The maximum absolute atomic E-state index is 13.9. The number of rotatable bonds is 6. The molecule has 1 aromatic heterocycles. The summed E-state index contributed by atoms with van der Waals surface area (Å²) in [6, 6.07) is 1.18. The van der Waals surface area contributed by atoms with Crippen LogP contribution < -0.4 is 5.32 Å². The van der Waals surface area contributed by atoms with Gasteiger partial charge in [-0.3, -0.25) is 4.79 Å². The van der Waals surface area contributed by atoms with E-state index in [9.17, 15) is 23.2 Å². The average molecular weight is 421 g/mol. The number of ketones is 1. The molecule has 0 aliphatic heterocycles. The Labute approximate surface area is 173 Å². The van der Waals surface area contributed by atoms with Crippen molar-refractivity contribution < 1.29 is 27.9 Å². The zero-order valence-corrected chi connectivity index (χ0v) is 17.8. The Morgan fingerprint density at radius 1 is 1.23 bits per heavy atom. The number of ether oxygens (including phenoxy) is 1. The first-order valence-electron chi connectivity index (χ1n) is 9.36. The summed E-state index contributed by atoms with van der Waals surface area (Å²) in [7, 11) is 2.91. The molecule has 1 atom stereocenters. The predicted octanol–water partition coefficient (Wildman–Crippen LogP) is 3.83. The lowest BCUT2D eigenvalue weighted by Gasteiger charge is -2.27. The van der Waals surface area contributed by atoms with Gasteiger partial charge in [0.05, 0.1) is 18.8 Å². The number of benzene rings is 1. The molecule has 0 spiro atoms. The Morgan fingerprint density at radius 2 is 1.87 bits per heavy atom. The molecule has 162 valence electrons. The van der Waals surface area contributed by atoms with Gasteiger partial charge in [0.15, 0.2) is 5.78 Å². The molecule has 2 amide bonds. The molecule has 7 nitrogen and oxygen atoms in total. The van der Waals surface area contributed by atoms with Gasteiger partial charge >= 0.3 is 12.0 Å². The molecule has 2 aromatic rings. The summed E-state index contributed by atoms with van der Waals surface area (Å²) in [5.41, 5.74) is 1.40. The number of likely N-dealkylation sites (N-methyl/N-ethyl adjacent to an activating group) is 1. The molecule has 0 saturated heterocycles. The molecule has 0 bridgehead atoms. The predicted molar refractivity (Wildman–Crippen MR) is 108 cm³/mol. The molecule has 1 N–H and O–H groups in total. The largest absolute Gasteiger partial charge is 0.464 e. The third kappa shape index (κ3) is 4.19. The summed E-state index contributed by atoms with van der Waals surface area (Å²) in [6.07, 6.45) is 0. The van der Waals surface area contributed by atoms with E-state index in [0.29, 0.717) is 22.9 Å². The van der Waals surface area contributed by atoms with E-state index in [-0.39, 0.29) is 23.7 Å². The van der Waals surface area contributed by atoms with E-state index in [1.165, 1.54) is 12.0 Å². The highest BCUT2D eigenvalue weighted by Crippen LogP contribution is 2.25. The number of esters is 1. The fourth-order valence-corrected chi connectivity index (χ4v) is 3.45. The van der Waals surface area contributed by atoms with Crippen molar-refractivity contribution in [1.29, 1.82) is 0 Å². The quantitative estimate of drug-likeness (QED) is 0.568. The minimum atomic E-state index is -0.921. The highest BCUT2D eigenvalue weighted by Gasteiger charge is 2.32. The fraction of sp³-hybridized carbons (Fsp3) is 0.381. The Balaban J connectivity index is 2.33. The van der Waals surface area contributed by atoms with Gasteiger partial charge in [-0.1, -0.05) is 0 Å². The van der Waals surface area contributed by atoms with Crippen molar-refractivity contribution in [3.05, 3.63) is 52.3 Å². The van der Waals surface area contributed by atoms with Gasteiger partial charge in [-0.15, -0.1) is 0 Å². The van der Waals surface area contributed by atoms with Crippen LogP contribution in [0.25, 0.3) is 0 Å². The van der Waals surface area contributed by atoms with Crippen molar-refractivity contribution in [3.8, 4) is 0 Å². The van der Waals surface area contributed by atoms with E-state index in [1.807, 2.05) is 0 Å². The number of urea groups is 1. The van der Waals surface area contributed by atoms with Crippen LogP contribution in [0.15, 0.2) is 18.2 Å². The number of carbonyl (C=O) groups excluding carboxylic acids is 3. The van der Waals surface area contributed by atoms with Crippen LogP contribution in [0.2, 0.25) is 0 Å². The third-order valence-electron chi connectivity index (χ3n) is 5.18. The highest BCUT2D eigenvalue weighted by molar-refractivity contribution is 6.07. The van der Waals surface area contributed by atoms with Crippen LogP contribution in [0.1, 0.15) is 46.0 Å². The number of hydrogen-bond acceptors (Lipinski definition) is 4. The van der Waals surface area contributed by atoms with Crippen LogP contribution in [0.4, 0.5) is 19.3 Å². The number of halogens is 2. The van der Waals surface area contributed by atoms with Gasteiger partial charge in [0.1, 0.15) is 17.3 Å². The number of nitrogens with zero attached hydrogens (tertiary/aromatic N) is 2. The van der Waals surface area contributed by atoms with Gasteiger partial charge in [0.25, 0.3) is 0 Å². The van der Waals surface area contributed by atoms with Gasteiger partial charge in [-0.2, -0.15) is 0 Å². The van der Waals surface area contributed by atoms with Gasteiger partial charge in [0.2, 0.25) is 0 Å². The first-order valence-corrected chi connectivity index (χ1v) is 9.36. The Hall–Kier alpha value is -3.23. The molecule has 0 fully saturated rings. The van der Waals surface area contributed by atoms with Crippen molar-refractivity contribution in [3.63, 3.8) is 0 Å². The molecule has 0 aliphatic rings. The first kappa shape index (κ1) is 23.1. The van der Waals surface area contributed by atoms with Crippen LogP contribution in [-0.4, -0.2) is 46.9 Å². The van der Waals surface area contributed by atoms with Crippen LogP contribution in [0.5, 0.6) is 0 Å². The number of nitrogens with one attached hydrogen (secondary N) is 1. The molecule has 0 radical (unpaired) electrons. The fourth-order valence-electron chi connectivity index (χ4n) is 3.45. The van der Waals surface area contributed by atoms with E-state index in [4.69, 9.17) is 4.74 Å². The molecule has 2 rings (SSSR count). The Morgan fingerprint density at radius 3 is 2.40 bits per heavy atom. The maximum Gasteiger partial charge on any atom is 0.354 e. The summed E-state index contributed by atoms with van der Waals surface area (Å²) < 4.78 is 33.3. The van der Waals surface area contributed by atoms with Gasteiger partial charge in [0, 0.05) is 30.9 Å². The molecule has 0 saturated carbocycles. The summed E-state index contributed by atoms with van der Waals surface area (Å²) in [4.78, 5) is 39.2. The lowest BCUT2D eigenvalue weighted by molar-refractivity contribution is 0.0588. The molecule has 30 heavy (non-hydrogen) atoms. The minimum Gasteiger partial charge on any atom is -0.464 e. The van der Waals surface area contributed by atoms with Crippen molar-refractivity contribution in [1.82, 2.24) is 9.47 Å². The number of aromatic nitrogens is 1. The van der Waals surface area contributed by atoms with E-state index >= 15 is 0 Å². The lowest BCUT2D eigenvalue weighted by atomic mass is 10.00. The standard InChI is InChI=1S/C21H25F2N3O4/c1-7-26(21(29)24-16-9-8-14(22)10-15(16)23)13(4)19(27)17-11(2)18(20(28)30-6)25(5)12(17)3/h8-10,13H,7H2,1-6H3,(H,24,29). The van der Waals surface area contributed by atoms with E-state index in [2.05, 4.69) is 5.32 Å². The van der Waals surface area contributed by atoms with Crippen LogP contribution in [0, 0.1) is 25.5 Å². The second-order valence-electron chi connectivity index (χ2n) is 6.87. The lowest BCUT2D eigenvalue weighted by Crippen LogP contribution is -2.45. The van der Waals surface area contributed by atoms with E-state index in [1.54, 1.807) is 39.3 Å². The van der Waals surface area contributed by atoms with Crippen molar-refractivity contribution in [2.75, 3.05) is 19.0 Å². The topological polar surface area (TPSA) is 80.6 Å². The van der Waals surface area contributed by atoms with Gasteiger partial charge in [-0.25, -0.2) is 18.4 Å². The molecule has 9 heteroatoms. The second kappa shape index (κ2) is 9.06. The number of hydrogen-bond donors (Lipinski definition) is 1. The smallest absolute Gasteiger partial charge is 0.354 e. The zero-order valence-electron chi connectivity index (χ0n) is 17.8. The summed E-state index contributed by atoms with van der Waals surface area (Å²) in [5, 5.41) is 2.36. The average Bonchev–Trinajstić information content (AvgIpc) is 2.92. The molecule has 0 aliphatic carbocycles. The van der Waals surface area contributed by atoms with Gasteiger partial charge < -0.3 is 19.5 Å². The van der Waals surface area contributed by atoms with E-state index < -0.39 is 29.7 Å². The summed E-state index contributed by atoms with van der Waals surface area (Å²) in [6.45, 7) is 6.73. The first-order chi connectivity index (χ1) is 14.0. The third-order valence-corrected chi connectivity index (χ3v) is 5.18. The van der Waals surface area contributed by atoms with Crippen LogP contribution in [0.3, 0.4) is 0 Å². The number of Topliss-reactive ketones (excluding diaryl/α,β-unsaturated/α-hetero) is 1. The van der Waals surface area contributed by atoms with Crippen LogP contribution >= 0.6 is 0 Å². The normalized spacial score (nSPS) is 11.7. The maximum atomic E-state index is 13.9. The van der Waals surface area contributed by atoms with Crippen molar-refractivity contribution in [2.24, 2.45) is 7.05 Å². The summed E-state index contributed by atoms with van der Waals surface area (Å²) >= 11 is 0. The monoisotopic (exact) mass is 421 g/mol. The second-order valence-corrected chi connectivity index (χ2v) is 6.87. The SMILES string of the molecule is CCN(C(=O)Nc1ccc(F)cc1F)C(C)C(=O)c1c(C)c(C(=O)OC)n(C)c1C. The number of amides is 2. The molecule has 1 aromatic carbocycles. The highest BCUT2D eigenvalue weighted by atomic mass is 19.1. The minimum absolute atomic E-state index is 0.163. The molecule has 1 heterocycles. The number of anilines is 1. The summed E-state index contributed by atoms with van der Waals surface area (Å²) in [5.74, 6) is -2.62. The van der Waals surface area contributed by atoms with E-state index in [0.717, 1.165) is 12.1 Å². The molecular weight excluding hydrogens is 396 g/mol. The van der Waals surface area contributed by atoms with Crippen molar-refractivity contribution in [2.45, 2.75) is 33.7 Å². The van der Waals surface area contributed by atoms with Gasteiger partial charge in [-0.05, 0) is 45.4 Å². The molecule has 1 unspecified atom stereocenters. The number of methoxy groups -OCH3 is 1. The van der Waals surface area contributed by atoms with Crippen LogP contribution in [-0.2, 0) is 11.8 Å². The Bertz CT molecular complexity index is 1000.